The first kappa shape index (κ1) is 14.1. The number of rotatable bonds is 4. The minimum absolute atomic E-state index is 0.178. The first-order valence-electron chi connectivity index (χ1n) is 7.36. The lowest BCUT2D eigenvalue weighted by Crippen LogP contribution is -2.25. The van der Waals surface area contributed by atoms with Gasteiger partial charge in [0.1, 0.15) is 0 Å². The van der Waals surface area contributed by atoms with Crippen molar-refractivity contribution < 1.29 is 9.90 Å². The van der Waals surface area contributed by atoms with Gasteiger partial charge < -0.3 is 5.11 Å². The molecule has 0 spiro atoms. The Morgan fingerprint density at radius 2 is 2.16 bits per heavy atom. The van der Waals surface area contributed by atoms with Gasteiger partial charge in [0.25, 0.3) is 0 Å². The van der Waals surface area contributed by atoms with Crippen LogP contribution in [0.5, 0.6) is 0 Å². The van der Waals surface area contributed by atoms with E-state index in [1.165, 1.54) is 12.1 Å². The molecule has 0 radical (unpaired) electrons. The third-order valence-corrected chi connectivity index (χ3v) is 4.34. The predicted molar refractivity (Wildman–Crippen MR) is 74.0 cm³/mol. The molecular formula is C15H24N2O2. The third-order valence-electron chi connectivity index (χ3n) is 4.34. The molecule has 106 valence electrons. The number of carboxylic acids is 1. The normalized spacial score (nSPS) is 24.1. The van der Waals surface area contributed by atoms with Crippen LogP contribution in [0.3, 0.4) is 0 Å². The molecule has 0 amide bonds. The van der Waals surface area contributed by atoms with Crippen LogP contribution >= 0.6 is 0 Å². The highest BCUT2D eigenvalue weighted by atomic mass is 16.4. The number of aryl methyl sites for hydroxylation is 2. The van der Waals surface area contributed by atoms with Crippen LogP contribution in [-0.4, -0.2) is 20.9 Å². The van der Waals surface area contributed by atoms with Gasteiger partial charge in [-0.05, 0) is 37.7 Å². The molecule has 0 aromatic carbocycles. The van der Waals surface area contributed by atoms with E-state index in [0.29, 0.717) is 0 Å². The molecule has 19 heavy (non-hydrogen) atoms. The monoisotopic (exact) mass is 264 g/mol. The van der Waals surface area contributed by atoms with Crippen molar-refractivity contribution >= 4 is 5.97 Å². The molecule has 2 unspecified atom stereocenters. The van der Waals surface area contributed by atoms with Crippen molar-refractivity contribution in [3.8, 4) is 0 Å². The van der Waals surface area contributed by atoms with E-state index >= 15 is 0 Å². The fourth-order valence-corrected chi connectivity index (χ4v) is 3.16. The van der Waals surface area contributed by atoms with Gasteiger partial charge in [-0.25, -0.2) is 0 Å². The summed E-state index contributed by atoms with van der Waals surface area (Å²) >= 11 is 0. The molecule has 0 aliphatic heterocycles. The van der Waals surface area contributed by atoms with Crippen molar-refractivity contribution in [3.05, 3.63) is 17.5 Å². The summed E-state index contributed by atoms with van der Waals surface area (Å²) in [6.45, 7) is 2.10. The van der Waals surface area contributed by atoms with Gasteiger partial charge in [-0.3, -0.25) is 9.48 Å². The molecule has 4 nitrogen and oxygen atoms in total. The summed E-state index contributed by atoms with van der Waals surface area (Å²) in [7, 11) is 1.96. The molecule has 1 aliphatic rings. The van der Waals surface area contributed by atoms with Crippen molar-refractivity contribution in [3.63, 3.8) is 0 Å². The summed E-state index contributed by atoms with van der Waals surface area (Å²) in [6, 6.07) is 2.13. The lowest BCUT2D eigenvalue weighted by Gasteiger charge is -2.21. The quantitative estimate of drug-likeness (QED) is 0.851. The van der Waals surface area contributed by atoms with Crippen molar-refractivity contribution in [2.75, 3.05) is 0 Å². The number of nitrogens with zero attached hydrogens (tertiary/aromatic N) is 2. The molecule has 1 aromatic heterocycles. The Labute approximate surface area is 114 Å². The standard InChI is InChI=1S/C15H24N2O2/c1-3-12-10-13(17(2)16-12)9-11-7-5-4-6-8-14(11)15(18)19/h10-11,14H,3-9H2,1-2H3,(H,18,19). The van der Waals surface area contributed by atoms with E-state index in [4.69, 9.17) is 0 Å². The molecule has 0 saturated heterocycles. The van der Waals surface area contributed by atoms with Crippen LogP contribution in [0.15, 0.2) is 6.07 Å². The van der Waals surface area contributed by atoms with Gasteiger partial charge in [0.2, 0.25) is 0 Å². The average Bonchev–Trinajstić information content (AvgIpc) is 2.60. The highest BCUT2D eigenvalue weighted by Gasteiger charge is 2.30. The second-order valence-corrected chi connectivity index (χ2v) is 5.65. The lowest BCUT2D eigenvalue weighted by molar-refractivity contribution is -0.143. The Morgan fingerprint density at radius 1 is 1.42 bits per heavy atom. The molecule has 1 aliphatic carbocycles. The molecule has 1 aromatic rings. The Bertz CT molecular complexity index is 439. The van der Waals surface area contributed by atoms with Gasteiger partial charge in [-0.15, -0.1) is 0 Å². The molecule has 2 rings (SSSR count). The number of hydrogen-bond donors (Lipinski definition) is 1. The van der Waals surface area contributed by atoms with E-state index in [1.807, 2.05) is 11.7 Å². The molecule has 2 atom stereocenters. The zero-order chi connectivity index (χ0) is 13.8. The van der Waals surface area contributed by atoms with Crippen LogP contribution in [0, 0.1) is 11.8 Å². The van der Waals surface area contributed by atoms with Gasteiger partial charge >= 0.3 is 5.97 Å². The van der Waals surface area contributed by atoms with Crippen molar-refractivity contribution in [2.45, 2.75) is 51.9 Å². The molecule has 1 heterocycles. The first-order valence-corrected chi connectivity index (χ1v) is 7.36. The molecule has 1 fully saturated rings. The van der Waals surface area contributed by atoms with Crippen LogP contribution in [-0.2, 0) is 24.7 Å². The van der Waals surface area contributed by atoms with Gasteiger partial charge in [0.05, 0.1) is 11.6 Å². The smallest absolute Gasteiger partial charge is 0.306 e. The van der Waals surface area contributed by atoms with Crippen LogP contribution in [0.4, 0.5) is 0 Å². The Balaban J connectivity index is 2.13. The SMILES string of the molecule is CCc1cc(CC2CCCCCC2C(=O)O)n(C)n1. The van der Waals surface area contributed by atoms with Gasteiger partial charge in [-0.1, -0.05) is 26.2 Å². The van der Waals surface area contributed by atoms with E-state index in [-0.39, 0.29) is 11.8 Å². The minimum Gasteiger partial charge on any atom is -0.481 e. The molecule has 1 saturated carbocycles. The van der Waals surface area contributed by atoms with Crippen LogP contribution in [0.1, 0.15) is 50.4 Å². The third kappa shape index (κ3) is 3.37. The topological polar surface area (TPSA) is 55.1 Å². The van der Waals surface area contributed by atoms with Crippen LogP contribution in [0.2, 0.25) is 0 Å². The summed E-state index contributed by atoms with van der Waals surface area (Å²) in [5.41, 5.74) is 2.27. The highest BCUT2D eigenvalue weighted by Crippen LogP contribution is 2.31. The fourth-order valence-electron chi connectivity index (χ4n) is 3.16. The number of carbonyl (C=O) groups is 1. The van der Waals surface area contributed by atoms with Crippen molar-refractivity contribution in [2.24, 2.45) is 18.9 Å². The molecular weight excluding hydrogens is 240 g/mol. The second kappa shape index (κ2) is 6.22. The first-order chi connectivity index (χ1) is 9.11. The van der Waals surface area contributed by atoms with Gasteiger partial charge in [0, 0.05) is 12.7 Å². The van der Waals surface area contributed by atoms with Crippen LogP contribution < -0.4 is 0 Å². The van der Waals surface area contributed by atoms with E-state index in [2.05, 4.69) is 18.1 Å². The zero-order valence-electron chi connectivity index (χ0n) is 11.9. The average molecular weight is 264 g/mol. The van der Waals surface area contributed by atoms with E-state index in [1.54, 1.807) is 0 Å². The Morgan fingerprint density at radius 3 is 2.79 bits per heavy atom. The Hall–Kier alpha value is -1.32. The van der Waals surface area contributed by atoms with Crippen molar-refractivity contribution in [1.82, 2.24) is 9.78 Å². The van der Waals surface area contributed by atoms with E-state index < -0.39 is 5.97 Å². The number of carboxylic acid groups (broad SMARTS) is 1. The minimum atomic E-state index is -0.621. The molecule has 4 heteroatoms. The van der Waals surface area contributed by atoms with Crippen molar-refractivity contribution in [1.29, 1.82) is 0 Å². The maximum Gasteiger partial charge on any atom is 0.306 e. The summed E-state index contributed by atoms with van der Waals surface area (Å²) in [4.78, 5) is 11.4. The molecule has 0 bridgehead atoms. The summed E-state index contributed by atoms with van der Waals surface area (Å²) < 4.78 is 1.92. The maximum absolute atomic E-state index is 11.4. The van der Waals surface area contributed by atoms with Crippen LogP contribution in [0.25, 0.3) is 0 Å². The lowest BCUT2D eigenvalue weighted by atomic mass is 9.84. The maximum atomic E-state index is 11.4. The van der Waals surface area contributed by atoms with E-state index in [0.717, 1.165) is 44.2 Å². The Kier molecular flexibility index (Phi) is 4.61. The zero-order valence-corrected chi connectivity index (χ0v) is 11.9. The molecule has 1 N–H and O–H groups in total. The number of hydrogen-bond acceptors (Lipinski definition) is 2. The summed E-state index contributed by atoms with van der Waals surface area (Å²) in [6.07, 6.45) is 7.03. The second-order valence-electron chi connectivity index (χ2n) is 5.65. The highest BCUT2D eigenvalue weighted by molar-refractivity contribution is 5.70. The fraction of sp³-hybridized carbons (Fsp3) is 0.733. The number of aromatic nitrogens is 2. The van der Waals surface area contributed by atoms with E-state index in [9.17, 15) is 9.90 Å². The number of aliphatic carboxylic acids is 1. The summed E-state index contributed by atoms with van der Waals surface area (Å²) in [5.74, 6) is -0.535. The summed E-state index contributed by atoms with van der Waals surface area (Å²) in [5, 5.41) is 13.9. The largest absolute Gasteiger partial charge is 0.481 e. The van der Waals surface area contributed by atoms with Gasteiger partial charge in [0.15, 0.2) is 0 Å². The predicted octanol–water partition coefficient (Wildman–Crippen LogP) is 2.81. The van der Waals surface area contributed by atoms with Gasteiger partial charge in [-0.2, -0.15) is 5.10 Å².